The number of carbonyl (C=O) groups is 1. The number of aliphatic hydroxyl groups excluding tert-OH is 2. The second-order valence-corrected chi connectivity index (χ2v) is 12.0. The van der Waals surface area contributed by atoms with Crippen molar-refractivity contribution in [3.8, 4) is 11.1 Å². The Hall–Kier alpha value is -4.27. The molecule has 4 rings (SSSR count). The highest BCUT2D eigenvalue weighted by Gasteiger charge is 2.37. The first-order valence-corrected chi connectivity index (χ1v) is 15.6. The van der Waals surface area contributed by atoms with Gasteiger partial charge in [-0.15, -0.1) is 0 Å². The van der Waals surface area contributed by atoms with Gasteiger partial charge in [-0.3, -0.25) is 14.6 Å². The van der Waals surface area contributed by atoms with Crippen LogP contribution in [0, 0.1) is 18.8 Å². The van der Waals surface area contributed by atoms with E-state index in [1.165, 1.54) is 10.8 Å². The monoisotopic (exact) mass is 694 g/mol. The molecule has 0 saturated carbocycles. The van der Waals surface area contributed by atoms with E-state index < -0.39 is 47.1 Å². The highest BCUT2D eigenvalue weighted by atomic mass is 19.4. The highest BCUT2D eigenvalue weighted by molar-refractivity contribution is 6.07. The van der Waals surface area contributed by atoms with E-state index in [0.29, 0.717) is 47.5 Å². The Morgan fingerprint density at radius 3 is 2.00 bits per heavy atom. The minimum Gasteiger partial charge on any atom is -0.396 e. The van der Waals surface area contributed by atoms with Crippen LogP contribution >= 0.6 is 0 Å². The first-order chi connectivity index (χ1) is 23.0. The molecule has 0 aliphatic heterocycles. The smallest absolute Gasteiger partial charge is 0.396 e. The number of pyridine rings is 2. The molecule has 2 heterocycles. The summed E-state index contributed by atoms with van der Waals surface area (Å²) in [5.74, 6) is -0.734. The number of halogens is 6. The maximum absolute atomic E-state index is 13.8. The molecule has 0 bridgehead atoms. The quantitative estimate of drug-likeness (QED) is 0.136. The van der Waals surface area contributed by atoms with Crippen LogP contribution in [-0.4, -0.2) is 45.4 Å². The van der Waals surface area contributed by atoms with Gasteiger partial charge in [0.1, 0.15) is 11.2 Å². The van der Waals surface area contributed by atoms with Crippen LogP contribution in [0.1, 0.15) is 59.4 Å². The van der Waals surface area contributed by atoms with Gasteiger partial charge in [0.15, 0.2) is 0 Å². The Labute approximate surface area is 279 Å². The van der Waals surface area contributed by atoms with Gasteiger partial charge < -0.3 is 25.8 Å². The molecule has 8 nitrogen and oxygen atoms in total. The van der Waals surface area contributed by atoms with Crippen molar-refractivity contribution in [1.82, 2.24) is 14.9 Å². The number of alkyl halides is 6. The number of nitrogens with two attached hydrogens (primary N) is 1. The van der Waals surface area contributed by atoms with Crippen LogP contribution in [0.25, 0.3) is 22.0 Å². The molecule has 0 fully saturated rings. The van der Waals surface area contributed by atoms with E-state index in [1.54, 1.807) is 43.3 Å². The van der Waals surface area contributed by atoms with Crippen molar-refractivity contribution in [3.63, 3.8) is 0 Å². The molecule has 0 radical (unpaired) electrons. The summed E-state index contributed by atoms with van der Waals surface area (Å²) in [4.78, 5) is 31.6. The standard InChI is InChI=1S/C30H27F6N3O3.C5H13NO/c1-17-5-7-20(8-6-17)24-23-4-3-10-37-25(23)28(42)39(11-9-18(2)16-40)26(24)27(41)38-15-19-12-21(29(31,32)33)14-22(13-19)30(34,35)36;1-5(4-7)2-3-6/h3-8,10,12-14,18,40H,9,11,15-16H2,1-2H3,(H,38,41);5,7H,2-4,6H2,1H3/t18-;5-/m00/s1. The predicted octanol–water partition coefficient (Wildman–Crippen LogP) is 6.32. The number of amides is 1. The van der Waals surface area contributed by atoms with E-state index in [-0.39, 0.29) is 43.0 Å². The predicted molar refractivity (Wildman–Crippen MR) is 175 cm³/mol. The van der Waals surface area contributed by atoms with Gasteiger partial charge in [0, 0.05) is 43.4 Å². The van der Waals surface area contributed by atoms with Crippen LogP contribution in [0.5, 0.6) is 0 Å². The molecule has 0 unspecified atom stereocenters. The number of nitrogens with zero attached hydrogens (tertiary/aromatic N) is 2. The molecule has 0 saturated heterocycles. The number of fused-ring (bicyclic) bond motifs is 1. The first-order valence-electron chi connectivity index (χ1n) is 15.6. The molecule has 0 aliphatic rings. The Morgan fingerprint density at radius 1 is 0.918 bits per heavy atom. The fourth-order valence-electron chi connectivity index (χ4n) is 4.94. The third kappa shape index (κ3) is 10.4. The third-order valence-corrected chi connectivity index (χ3v) is 7.82. The number of benzene rings is 2. The fourth-order valence-corrected chi connectivity index (χ4v) is 4.94. The van der Waals surface area contributed by atoms with E-state index >= 15 is 0 Å². The molecule has 2 aromatic heterocycles. The average Bonchev–Trinajstić information content (AvgIpc) is 3.06. The number of aryl methyl sites for hydroxylation is 1. The van der Waals surface area contributed by atoms with Crippen molar-refractivity contribution in [2.75, 3.05) is 19.8 Å². The van der Waals surface area contributed by atoms with Crippen molar-refractivity contribution < 1.29 is 41.4 Å². The van der Waals surface area contributed by atoms with Gasteiger partial charge in [0.25, 0.3) is 11.5 Å². The topological polar surface area (TPSA) is 130 Å². The van der Waals surface area contributed by atoms with Gasteiger partial charge in [-0.1, -0.05) is 49.7 Å². The zero-order valence-corrected chi connectivity index (χ0v) is 27.3. The lowest BCUT2D eigenvalue weighted by molar-refractivity contribution is -0.143. The summed E-state index contributed by atoms with van der Waals surface area (Å²) in [5.41, 5.74) is 2.90. The van der Waals surface area contributed by atoms with Crippen LogP contribution in [0.2, 0.25) is 0 Å². The van der Waals surface area contributed by atoms with E-state index in [4.69, 9.17) is 10.8 Å². The third-order valence-electron chi connectivity index (χ3n) is 7.82. The average molecular weight is 695 g/mol. The molecular weight excluding hydrogens is 654 g/mol. The largest absolute Gasteiger partial charge is 0.416 e. The minimum atomic E-state index is -5.05. The molecule has 2 aromatic carbocycles. The van der Waals surface area contributed by atoms with Crippen molar-refractivity contribution in [3.05, 3.63) is 99.1 Å². The lowest BCUT2D eigenvalue weighted by Crippen LogP contribution is -2.34. The van der Waals surface area contributed by atoms with Crippen molar-refractivity contribution in [2.24, 2.45) is 17.6 Å². The molecular formula is C35H40F6N4O4. The number of nitrogens with one attached hydrogen (secondary N) is 1. The normalized spacial score (nSPS) is 13.1. The van der Waals surface area contributed by atoms with Gasteiger partial charge in [0.2, 0.25) is 0 Å². The summed E-state index contributed by atoms with van der Waals surface area (Å²) < 4.78 is 81.5. The van der Waals surface area contributed by atoms with Gasteiger partial charge >= 0.3 is 12.4 Å². The van der Waals surface area contributed by atoms with E-state index in [1.807, 2.05) is 13.8 Å². The van der Waals surface area contributed by atoms with E-state index in [0.717, 1.165) is 12.0 Å². The second kappa shape index (κ2) is 16.9. The lowest BCUT2D eigenvalue weighted by atomic mass is 9.96. The zero-order chi connectivity index (χ0) is 36.5. The van der Waals surface area contributed by atoms with Crippen LogP contribution < -0.4 is 16.6 Å². The minimum absolute atomic E-state index is 0.00350. The van der Waals surface area contributed by atoms with Crippen LogP contribution in [0.3, 0.4) is 0 Å². The fraction of sp³-hybridized carbons (Fsp3) is 0.400. The van der Waals surface area contributed by atoms with Gasteiger partial charge in [-0.2, -0.15) is 26.3 Å². The molecule has 266 valence electrons. The number of aliphatic hydroxyl groups is 2. The Morgan fingerprint density at radius 2 is 1.49 bits per heavy atom. The molecule has 0 spiro atoms. The maximum atomic E-state index is 13.8. The molecule has 1 amide bonds. The first kappa shape index (κ1) is 39.2. The van der Waals surface area contributed by atoms with Crippen molar-refractivity contribution >= 4 is 16.8 Å². The van der Waals surface area contributed by atoms with E-state index in [2.05, 4.69) is 10.3 Å². The lowest BCUT2D eigenvalue weighted by Gasteiger charge is -2.21. The van der Waals surface area contributed by atoms with Gasteiger partial charge in [-0.25, -0.2) is 0 Å². The maximum Gasteiger partial charge on any atom is 0.416 e. The van der Waals surface area contributed by atoms with Crippen LogP contribution in [0.4, 0.5) is 26.3 Å². The Balaban J connectivity index is 0.000000838. The van der Waals surface area contributed by atoms with Gasteiger partial charge in [-0.05, 0) is 73.5 Å². The molecule has 2 atom stereocenters. The Kier molecular flexibility index (Phi) is 13.5. The van der Waals surface area contributed by atoms with Gasteiger partial charge in [0.05, 0.1) is 11.1 Å². The van der Waals surface area contributed by atoms with Crippen LogP contribution in [0.15, 0.2) is 65.6 Å². The van der Waals surface area contributed by atoms with E-state index in [9.17, 15) is 41.0 Å². The summed E-state index contributed by atoms with van der Waals surface area (Å²) in [7, 11) is 0. The summed E-state index contributed by atoms with van der Waals surface area (Å²) in [6.07, 6.45) is -7.45. The SMILES string of the molecule is C[C@H](CO)CCN.Cc1ccc(-c2c(C(=O)NCc3cc(C(F)(F)F)cc(C(F)(F)F)c3)n(CC[C@H](C)CO)c(=O)c3ncccc23)cc1. The Bertz CT molecular complexity index is 1740. The number of hydrogen-bond donors (Lipinski definition) is 4. The summed E-state index contributed by atoms with van der Waals surface area (Å²) in [5, 5.41) is 20.7. The number of carbonyl (C=O) groups excluding carboxylic acids is 1. The second-order valence-electron chi connectivity index (χ2n) is 12.0. The molecule has 49 heavy (non-hydrogen) atoms. The molecule has 0 aliphatic carbocycles. The molecule has 5 N–H and O–H groups in total. The van der Waals surface area contributed by atoms with Crippen molar-refractivity contribution in [2.45, 2.75) is 59.1 Å². The summed E-state index contributed by atoms with van der Waals surface area (Å²) in [6.45, 7) is 5.67. The number of hydrogen-bond acceptors (Lipinski definition) is 6. The zero-order valence-electron chi connectivity index (χ0n) is 27.3. The molecule has 4 aromatic rings. The summed E-state index contributed by atoms with van der Waals surface area (Å²) in [6, 6.07) is 11.3. The highest BCUT2D eigenvalue weighted by Crippen LogP contribution is 2.36. The molecule has 14 heteroatoms. The number of rotatable bonds is 11. The van der Waals surface area contributed by atoms with Crippen molar-refractivity contribution in [1.29, 1.82) is 0 Å². The van der Waals surface area contributed by atoms with Crippen LogP contribution in [-0.2, 0) is 25.4 Å². The summed E-state index contributed by atoms with van der Waals surface area (Å²) >= 11 is 0. The number of aromatic nitrogens is 2.